The van der Waals surface area contributed by atoms with Crippen molar-refractivity contribution in [3.05, 3.63) is 22.7 Å². The zero-order valence-electron chi connectivity index (χ0n) is 8.04. The fourth-order valence-corrected chi connectivity index (χ4v) is 1.44. The quantitative estimate of drug-likeness (QED) is 0.457. The van der Waals surface area contributed by atoms with Crippen LogP contribution in [0, 0.1) is 0 Å². The van der Waals surface area contributed by atoms with Crippen LogP contribution in [0.5, 0.6) is 5.75 Å². The van der Waals surface area contributed by atoms with Crippen molar-refractivity contribution in [2.75, 3.05) is 19.1 Å². The van der Waals surface area contributed by atoms with Crippen molar-refractivity contribution in [1.82, 2.24) is 5.32 Å². The van der Waals surface area contributed by atoms with Crippen LogP contribution in [0.1, 0.15) is 10.4 Å². The number of aliphatic hydroxyl groups excluding tert-OH is 1. The van der Waals surface area contributed by atoms with Crippen LogP contribution in [0.15, 0.2) is 12.1 Å². The van der Waals surface area contributed by atoms with Gasteiger partial charge in [0.25, 0.3) is 5.91 Å². The molecule has 0 aliphatic heterocycles. The molecule has 1 aromatic rings. The van der Waals surface area contributed by atoms with Crippen LogP contribution in [0.3, 0.4) is 0 Å². The van der Waals surface area contributed by atoms with Crippen LogP contribution in [0.2, 0.25) is 5.02 Å². The maximum Gasteiger partial charge on any atom is 0.256 e. The van der Waals surface area contributed by atoms with Gasteiger partial charge in [-0.25, -0.2) is 0 Å². The Balaban J connectivity index is 3.24. The Bertz CT molecular complexity index is 382. The third-order valence-corrected chi connectivity index (χ3v) is 2.16. The van der Waals surface area contributed by atoms with E-state index in [4.69, 9.17) is 16.7 Å². The second-order valence-corrected chi connectivity index (χ2v) is 3.14. The molecule has 0 heterocycles. The molecule has 1 rings (SSSR count). The molecule has 0 bridgehead atoms. The minimum atomic E-state index is -0.553. The Morgan fingerprint density at radius 3 is 2.73 bits per heavy atom. The van der Waals surface area contributed by atoms with Crippen molar-refractivity contribution in [1.29, 1.82) is 0 Å². The highest BCUT2D eigenvalue weighted by Gasteiger charge is 2.17. The average molecular weight is 231 g/mol. The van der Waals surface area contributed by atoms with Crippen molar-refractivity contribution in [2.45, 2.75) is 0 Å². The normalized spacial score (nSPS) is 9.80. The van der Waals surface area contributed by atoms with Crippen molar-refractivity contribution in [3.63, 3.8) is 0 Å². The number of aromatic hydroxyl groups is 1. The number of phenolic OH excluding ortho intramolecular Hbond substituents is 1. The Hall–Kier alpha value is -1.46. The zero-order valence-corrected chi connectivity index (χ0v) is 8.80. The summed E-state index contributed by atoms with van der Waals surface area (Å²) in [6.07, 6.45) is 0. The largest absolute Gasteiger partial charge is 0.506 e. The van der Waals surface area contributed by atoms with Crippen LogP contribution in [-0.2, 0) is 0 Å². The SMILES string of the molecule is CNc1c(O)ccc(Cl)c1C(=O)NCO. The van der Waals surface area contributed by atoms with Gasteiger partial charge in [-0.3, -0.25) is 4.79 Å². The highest BCUT2D eigenvalue weighted by molar-refractivity contribution is 6.34. The van der Waals surface area contributed by atoms with E-state index in [2.05, 4.69) is 10.6 Å². The van der Waals surface area contributed by atoms with Crippen molar-refractivity contribution in [2.24, 2.45) is 0 Å². The van der Waals surface area contributed by atoms with Gasteiger partial charge in [-0.2, -0.15) is 0 Å². The molecule has 5 nitrogen and oxygen atoms in total. The number of benzene rings is 1. The molecule has 82 valence electrons. The Morgan fingerprint density at radius 1 is 1.53 bits per heavy atom. The van der Waals surface area contributed by atoms with Gasteiger partial charge < -0.3 is 20.8 Å². The Labute approximate surface area is 91.7 Å². The van der Waals surface area contributed by atoms with E-state index in [-0.39, 0.29) is 22.0 Å². The van der Waals surface area contributed by atoms with E-state index in [0.29, 0.717) is 0 Å². The topological polar surface area (TPSA) is 81.6 Å². The lowest BCUT2D eigenvalue weighted by Crippen LogP contribution is -2.25. The summed E-state index contributed by atoms with van der Waals surface area (Å²) in [5.74, 6) is -0.632. The molecule has 1 aromatic carbocycles. The Kier molecular flexibility index (Phi) is 3.76. The number of nitrogens with one attached hydrogen (secondary N) is 2. The number of rotatable bonds is 3. The first-order valence-electron chi connectivity index (χ1n) is 4.20. The number of carbonyl (C=O) groups excluding carboxylic acids is 1. The number of carbonyl (C=O) groups is 1. The molecule has 0 saturated heterocycles. The van der Waals surface area contributed by atoms with Gasteiger partial charge in [-0.1, -0.05) is 11.6 Å². The number of hydrogen-bond donors (Lipinski definition) is 4. The minimum absolute atomic E-state index is 0.0787. The summed E-state index contributed by atoms with van der Waals surface area (Å²) in [4.78, 5) is 11.5. The fourth-order valence-electron chi connectivity index (χ4n) is 1.20. The number of hydrogen-bond acceptors (Lipinski definition) is 4. The van der Waals surface area contributed by atoms with Crippen LogP contribution in [0.4, 0.5) is 5.69 Å². The summed E-state index contributed by atoms with van der Waals surface area (Å²) in [5.41, 5.74) is 0.335. The lowest BCUT2D eigenvalue weighted by Gasteiger charge is -2.11. The average Bonchev–Trinajstić information content (AvgIpc) is 2.21. The first-order valence-corrected chi connectivity index (χ1v) is 4.58. The fraction of sp³-hybridized carbons (Fsp3) is 0.222. The molecule has 4 N–H and O–H groups in total. The Morgan fingerprint density at radius 2 is 2.20 bits per heavy atom. The van der Waals surface area contributed by atoms with Gasteiger partial charge in [0.2, 0.25) is 0 Å². The number of anilines is 1. The minimum Gasteiger partial charge on any atom is -0.506 e. The summed E-state index contributed by atoms with van der Waals surface area (Å²) in [6, 6.07) is 2.79. The standard InChI is InChI=1S/C9H11ClN2O3/c1-11-8-6(14)3-2-5(10)7(8)9(15)12-4-13/h2-3,11,13-14H,4H2,1H3,(H,12,15). The van der Waals surface area contributed by atoms with Crippen LogP contribution < -0.4 is 10.6 Å². The summed E-state index contributed by atoms with van der Waals surface area (Å²) in [5, 5.41) is 23.1. The van der Waals surface area contributed by atoms with Crippen LogP contribution in [-0.4, -0.2) is 29.9 Å². The second-order valence-electron chi connectivity index (χ2n) is 2.73. The molecule has 0 spiro atoms. The van der Waals surface area contributed by atoms with E-state index in [1.165, 1.54) is 12.1 Å². The summed E-state index contributed by atoms with van der Waals surface area (Å²) in [6.45, 7) is -0.492. The smallest absolute Gasteiger partial charge is 0.256 e. The number of amides is 1. The molecule has 15 heavy (non-hydrogen) atoms. The molecule has 0 aliphatic rings. The molecule has 1 amide bonds. The van der Waals surface area contributed by atoms with Gasteiger partial charge in [0.05, 0.1) is 16.3 Å². The van der Waals surface area contributed by atoms with Gasteiger partial charge in [-0.15, -0.1) is 0 Å². The first-order chi connectivity index (χ1) is 7.11. The highest BCUT2D eigenvalue weighted by Crippen LogP contribution is 2.32. The van der Waals surface area contributed by atoms with Gasteiger partial charge in [0.15, 0.2) is 0 Å². The van der Waals surface area contributed by atoms with Gasteiger partial charge in [0, 0.05) is 7.05 Å². The molecule has 0 radical (unpaired) electrons. The predicted molar refractivity (Wildman–Crippen MR) is 57.2 cm³/mol. The third-order valence-electron chi connectivity index (χ3n) is 1.85. The highest BCUT2D eigenvalue weighted by atomic mass is 35.5. The van der Waals surface area contributed by atoms with E-state index in [1.54, 1.807) is 7.05 Å². The second kappa shape index (κ2) is 4.86. The molecule has 0 unspecified atom stereocenters. The summed E-state index contributed by atoms with van der Waals surface area (Å²) in [7, 11) is 1.56. The molecule has 6 heteroatoms. The van der Waals surface area contributed by atoms with Crippen molar-refractivity contribution < 1.29 is 15.0 Å². The van der Waals surface area contributed by atoms with Crippen LogP contribution >= 0.6 is 11.6 Å². The molecular formula is C9H11ClN2O3. The zero-order chi connectivity index (χ0) is 11.4. The van der Waals surface area contributed by atoms with E-state index in [0.717, 1.165) is 0 Å². The lowest BCUT2D eigenvalue weighted by atomic mass is 10.1. The van der Waals surface area contributed by atoms with Crippen molar-refractivity contribution in [3.8, 4) is 5.75 Å². The molecule has 0 aliphatic carbocycles. The number of halogens is 1. The van der Waals surface area contributed by atoms with E-state index < -0.39 is 12.6 Å². The monoisotopic (exact) mass is 230 g/mol. The summed E-state index contributed by atoms with van der Waals surface area (Å²) >= 11 is 5.82. The lowest BCUT2D eigenvalue weighted by molar-refractivity contribution is 0.0911. The van der Waals surface area contributed by atoms with E-state index >= 15 is 0 Å². The number of aliphatic hydroxyl groups is 1. The van der Waals surface area contributed by atoms with Gasteiger partial charge >= 0.3 is 0 Å². The molecule has 0 atom stereocenters. The molecule has 0 fully saturated rings. The summed E-state index contributed by atoms with van der Waals surface area (Å²) < 4.78 is 0. The maximum absolute atomic E-state index is 11.5. The third kappa shape index (κ3) is 2.31. The first kappa shape index (κ1) is 11.6. The van der Waals surface area contributed by atoms with E-state index in [9.17, 15) is 9.90 Å². The van der Waals surface area contributed by atoms with Gasteiger partial charge in [-0.05, 0) is 12.1 Å². The maximum atomic E-state index is 11.5. The van der Waals surface area contributed by atoms with Gasteiger partial charge in [0.1, 0.15) is 12.5 Å². The van der Waals surface area contributed by atoms with Crippen molar-refractivity contribution >= 4 is 23.2 Å². The number of phenols is 1. The van der Waals surface area contributed by atoms with E-state index in [1.807, 2.05) is 0 Å². The van der Waals surface area contributed by atoms with Crippen LogP contribution in [0.25, 0.3) is 0 Å². The molecule has 0 saturated carbocycles. The molecule has 0 aromatic heterocycles. The molecular weight excluding hydrogens is 220 g/mol. The predicted octanol–water partition coefficient (Wildman–Crippen LogP) is 0.767.